The van der Waals surface area contributed by atoms with Crippen molar-refractivity contribution in [2.75, 3.05) is 35.7 Å². The molecule has 12 heteroatoms. The molecule has 2 aromatic carbocycles. The molecule has 1 fully saturated rings. The first-order valence-electron chi connectivity index (χ1n) is 11.9. The number of aromatic carboxylic acids is 1. The molecule has 3 aromatic rings. The maximum Gasteiger partial charge on any atom is 0.337 e. The molecule has 0 bridgehead atoms. The van der Waals surface area contributed by atoms with E-state index in [-0.39, 0.29) is 30.2 Å². The number of carbonyl (C=O) groups excluding carboxylic acids is 3. The number of halogens is 1. The van der Waals surface area contributed by atoms with Crippen LogP contribution in [0.1, 0.15) is 32.9 Å². The molecule has 0 atom stereocenters. The average Bonchev–Trinajstić information content (AvgIpc) is 3.51. The molecule has 0 spiro atoms. The number of aromatic nitrogens is 1. The van der Waals surface area contributed by atoms with E-state index in [9.17, 15) is 28.7 Å². The van der Waals surface area contributed by atoms with Gasteiger partial charge in [-0.2, -0.15) is 0 Å². The van der Waals surface area contributed by atoms with E-state index in [0.717, 1.165) is 11.0 Å². The number of carboxylic acids is 1. The van der Waals surface area contributed by atoms with Gasteiger partial charge in [-0.05, 0) is 49.8 Å². The summed E-state index contributed by atoms with van der Waals surface area (Å²) in [5.74, 6) is -1.78. The maximum absolute atomic E-state index is 14.5. The lowest BCUT2D eigenvalue weighted by atomic mass is 10.0. The molecular formula is C27H24FN5O6. The zero-order valence-corrected chi connectivity index (χ0v) is 21.2. The van der Waals surface area contributed by atoms with Crippen LogP contribution in [0.3, 0.4) is 0 Å². The van der Waals surface area contributed by atoms with Crippen LogP contribution in [-0.2, 0) is 4.79 Å². The number of nitrogens with one attached hydrogen (secondary N) is 3. The molecule has 1 aromatic heterocycles. The first-order valence-corrected chi connectivity index (χ1v) is 11.9. The van der Waals surface area contributed by atoms with Crippen LogP contribution in [-0.4, -0.2) is 59.1 Å². The van der Waals surface area contributed by atoms with Gasteiger partial charge in [0.2, 0.25) is 0 Å². The molecule has 5 amide bonds. The van der Waals surface area contributed by atoms with Crippen molar-refractivity contribution in [1.29, 1.82) is 0 Å². The third-order valence-electron chi connectivity index (χ3n) is 6.73. The Morgan fingerprint density at radius 3 is 2.56 bits per heavy atom. The number of aromatic amines is 1. The number of fused-ring (bicyclic) bond motifs is 1. The van der Waals surface area contributed by atoms with Crippen molar-refractivity contribution in [3.8, 4) is 5.75 Å². The summed E-state index contributed by atoms with van der Waals surface area (Å²) >= 11 is 0. The quantitative estimate of drug-likeness (QED) is 0.357. The molecule has 1 saturated heterocycles. The number of imide groups is 1. The van der Waals surface area contributed by atoms with E-state index >= 15 is 0 Å². The summed E-state index contributed by atoms with van der Waals surface area (Å²) in [6, 6.07) is 7.52. The van der Waals surface area contributed by atoms with Gasteiger partial charge < -0.3 is 25.5 Å². The second-order valence-corrected chi connectivity index (χ2v) is 9.07. The summed E-state index contributed by atoms with van der Waals surface area (Å²) in [4.78, 5) is 55.1. The van der Waals surface area contributed by atoms with Gasteiger partial charge in [0.05, 0.1) is 36.2 Å². The Morgan fingerprint density at radius 2 is 1.90 bits per heavy atom. The van der Waals surface area contributed by atoms with Gasteiger partial charge >= 0.3 is 18.0 Å². The van der Waals surface area contributed by atoms with E-state index in [0.29, 0.717) is 45.2 Å². The number of hydrogen-bond donors (Lipinski definition) is 4. The number of hydrogen-bond acceptors (Lipinski definition) is 5. The zero-order valence-electron chi connectivity index (χ0n) is 21.2. The van der Waals surface area contributed by atoms with Gasteiger partial charge in [-0.15, -0.1) is 0 Å². The summed E-state index contributed by atoms with van der Waals surface area (Å²) in [5, 5.41) is 14.8. The summed E-state index contributed by atoms with van der Waals surface area (Å²) in [7, 11) is 1.41. The lowest BCUT2D eigenvalue weighted by molar-refractivity contribution is -0.110. The molecule has 2 aliphatic rings. The largest absolute Gasteiger partial charge is 0.497 e. The van der Waals surface area contributed by atoms with Crippen LogP contribution in [0.5, 0.6) is 5.75 Å². The highest BCUT2D eigenvalue weighted by Gasteiger charge is 2.35. The molecule has 4 N–H and O–H groups in total. The standard InChI is InChI=1S/C27H24FN5O6/c1-13-20(29-14(2)23(13)25(35)36)12-18-17-6-4-15(10-21(17)31-24(18)34)30-26(37)33-9-8-32(27(33)38)22-7-5-16(39-3)11-19(22)28/h4-7,10-12,29H,8-9H2,1-3H3,(H,30,37)(H,31,34)(H,35,36)/b18-12-. The Balaban J connectivity index is 1.33. The van der Waals surface area contributed by atoms with Gasteiger partial charge in [-0.25, -0.2) is 23.7 Å². The van der Waals surface area contributed by atoms with E-state index in [2.05, 4.69) is 15.6 Å². The van der Waals surface area contributed by atoms with E-state index in [1.807, 2.05) is 0 Å². The van der Waals surface area contributed by atoms with Gasteiger partial charge in [0.15, 0.2) is 5.82 Å². The summed E-state index contributed by atoms with van der Waals surface area (Å²) < 4.78 is 19.5. The molecule has 0 unspecified atom stereocenters. The van der Waals surface area contributed by atoms with Gasteiger partial charge in [-0.3, -0.25) is 9.69 Å². The van der Waals surface area contributed by atoms with Crippen LogP contribution in [0.4, 0.5) is 31.0 Å². The predicted molar refractivity (Wildman–Crippen MR) is 142 cm³/mol. The average molecular weight is 534 g/mol. The van der Waals surface area contributed by atoms with Crippen molar-refractivity contribution in [3.63, 3.8) is 0 Å². The number of rotatable bonds is 5. The normalized spacial score (nSPS) is 15.5. The Morgan fingerprint density at radius 1 is 1.13 bits per heavy atom. The van der Waals surface area contributed by atoms with Crippen molar-refractivity contribution in [3.05, 3.63) is 70.3 Å². The summed E-state index contributed by atoms with van der Waals surface area (Å²) in [5.41, 5.74) is 3.37. The number of benzene rings is 2. The van der Waals surface area contributed by atoms with Crippen LogP contribution in [0.2, 0.25) is 0 Å². The smallest absolute Gasteiger partial charge is 0.337 e. The van der Waals surface area contributed by atoms with E-state index in [1.165, 1.54) is 24.1 Å². The second-order valence-electron chi connectivity index (χ2n) is 9.07. The zero-order chi connectivity index (χ0) is 28.0. The SMILES string of the molecule is COc1ccc(N2CCN(C(=O)Nc3ccc4c(c3)NC(=O)/C4=C\c3[nH]c(C)c(C(=O)O)c3C)C2=O)c(F)c1. The van der Waals surface area contributed by atoms with Crippen LogP contribution >= 0.6 is 0 Å². The highest BCUT2D eigenvalue weighted by atomic mass is 19.1. The van der Waals surface area contributed by atoms with E-state index < -0.39 is 23.8 Å². The molecule has 3 heterocycles. The van der Waals surface area contributed by atoms with Gasteiger partial charge in [0.25, 0.3) is 5.91 Å². The first-order chi connectivity index (χ1) is 18.6. The monoisotopic (exact) mass is 533 g/mol. The fourth-order valence-corrected chi connectivity index (χ4v) is 4.77. The fraction of sp³-hybridized carbons (Fsp3) is 0.185. The van der Waals surface area contributed by atoms with Gasteiger partial charge in [0.1, 0.15) is 5.75 Å². The minimum Gasteiger partial charge on any atom is -0.497 e. The number of methoxy groups -OCH3 is 1. The number of carboxylic acid groups (broad SMARTS) is 1. The summed E-state index contributed by atoms with van der Waals surface area (Å²) in [6.45, 7) is 3.48. The van der Waals surface area contributed by atoms with Crippen molar-refractivity contribution in [2.24, 2.45) is 0 Å². The Kier molecular flexibility index (Phi) is 6.30. The molecule has 5 rings (SSSR count). The molecule has 0 radical (unpaired) electrons. The highest BCUT2D eigenvalue weighted by molar-refractivity contribution is 6.35. The van der Waals surface area contributed by atoms with E-state index in [1.54, 1.807) is 38.1 Å². The van der Waals surface area contributed by atoms with Crippen molar-refractivity contribution >= 4 is 52.6 Å². The molecule has 0 saturated carbocycles. The molecule has 2 aliphatic heterocycles. The minimum absolute atomic E-state index is 0.0404. The Hall–Kier alpha value is -5.13. The number of anilines is 3. The number of carbonyl (C=O) groups is 4. The number of ether oxygens (including phenoxy) is 1. The number of nitrogens with zero attached hydrogens (tertiary/aromatic N) is 2. The van der Waals surface area contributed by atoms with Crippen LogP contribution in [0.15, 0.2) is 36.4 Å². The highest BCUT2D eigenvalue weighted by Crippen LogP contribution is 2.36. The lowest BCUT2D eigenvalue weighted by Gasteiger charge is -2.19. The van der Waals surface area contributed by atoms with Crippen LogP contribution in [0.25, 0.3) is 11.6 Å². The van der Waals surface area contributed by atoms with Gasteiger partial charge in [-0.1, -0.05) is 6.07 Å². The lowest BCUT2D eigenvalue weighted by Crippen LogP contribution is -2.39. The van der Waals surface area contributed by atoms with Crippen molar-refractivity contribution in [1.82, 2.24) is 9.88 Å². The molecule has 0 aliphatic carbocycles. The minimum atomic E-state index is -1.06. The fourth-order valence-electron chi connectivity index (χ4n) is 4.77. The van der Waals surface area contributed by atoms with Crippen molar-refractivity contribution in [2.45, 2.75) is 13.8 Å². The van der Waals surface area contributed by atoms with Crippen LogP contribution in [0, 0.1) is 19.7 Å². The maximum atomic E-state index is 14.5. The van der Waals surface area contributed by atoms with E-state index in [4.69, 9.17) is 4.74 Å². The third-order valence-corrected chi connectivity index (χ3v) is 6.73. The van der Waals surface area contributed by atoms with Crippen molar-refractivity contribution < 1.29 is 33.4 Å². The topological polar surface area (TPSA) is 144 Å². The molecular weight excluding hydrogens is 509 g/mol. The predicted octanol–water partition coefficient (Wildman–Crippen LogP) is 4.44. The molecule has 11 nitrogen and oxygen atoms in total. The Bertz CT molecular complexity index is 1590. The number of aryl methyl sites for hydroxylation is 1. The molecule has 39 heavy (non-hydrogen) atoms. The molecule has 200 valence electrons. The number of amides is 5. The van der Waals surface area contributed by atoms with Crippen LogP contribution < -0.4 is 20.3 Å². The first kappa shape index (κ1) is 25.5. The third kappa shape index (κ3) is 4.45. The van der Waals surface area contributed by atoms with Gasteiger partial charge in [0, 0.05) is 35.2 Å². The number of H-pyrrole nitrogens is 1. The summed E-state index contributed by atoms with van der Waals surface area (Å²) in [6.07, 6.45) is 1.59. The number of urea groups is 2. The second kappa shape index (κ2) is 9.63. The Labute approximate surface area is 221 Å².